The Morgan fingerprint density at radius 2 is 2.00 bits per heavy atom. The molecule has 0 aliphatic rings. The summed E-state index contributed by atoms with van der Waals surface area (Å²) in [5, 5.41) is 8.41. The van der Waals surface area contributed by atoms with Gasteiger partial charge in [0.25, 0.3) is 5.22 Å². The van der Waals surface area contributed by atoms with Gasteiger partial charge in [-0.3, -0.25) is 4.98 Å². The Bertz CT molecular complexity index is 736. The van der Waals surface area contributed by atoms with Crippen molar-refractivity contribution in [1.29, 1.82) is 0 Å². The van der Waals surface area contributed by atoms with Gasteiger partial charge < -0.3 is 9.15 Å². The molecule has 0 saturated heterocycles. The predicted octanol–water partition coefficient (Wildman–Crippen LogP) is 3.44. The average molecular weight is 317 g/mol. The summed E-state index contributed by atoms with van der Waals surface area (Å²) in [6, 6.07) is 9.64. The first kappa shape index (κ1) is 14.5. The number of aromatic nitrogens is 3. The highest BCUT2D eigenvalue weighted by Crippen LogP contribution is 2.22. The maximum atomic E-state index is 13.0. The number of nitrogens with zero attached hydrogens (tertiary/aromatic N) is 3. The number of halogens is 1. The van der Waals surface area contributed by atoms with Crippen LogP contribution in [0.5, 0.6) is 5.75 Å². The molecule has 22 heavy (non-hydrogen) atoms. The van der Waals surface area contributed by atoms with Crippen LogP contribution < -0.4 is 4.74 Å². The monoisotopic (exact) mass is 317 g/mol. The van der Waals surface area contributed by atoms with Crippen LogP contribution >= 0.6 is 11.8 Å². The first-order valence-corrected chi connectivity index (χ1v) is 7.55. The summed E-state index contributed by atoms with van der Waals surface area (Å²) in [5.41, 5.74) is 0.824. The van der Waals surface area contributed by atoms with Crippen molar-refractivity contribution in [2.45, 2.75) is 5.22 Å². The van der Waals surface area contributed by atoms with E-state index in [-0.39, 0.29) is 5.82 Å². The van der Waals surface area contributed by atoms with Gasteiger partial charge in [0.15, 0.2) is 0 Å². The third kappa shape index (κ3) is 3.82. The molecule has 0 atom stereocenters. The predicted molar refractivity (Wildman–Crippen MR) is 80.1 cm³/mol. The molecule has 0 amide bonds. The van der Waals surface area contributed by atoms with E-state index in [0.717, 1.165) is 5.56 Å². The number of benzene rings is 1. The normalized spacial score (nSPS) is 10.6. The van der Waals surface area contributed by atoms with Gasteiger partial charge >= 0.3 is 0 Å². The SMILES string of the molecule is Fc1cccc(OCCSc2nnc(-c3ccncc3)o2)c1. The molecule has 0 saturated carbocycles. The molecule has 0 bridgehead atoms. The van der Waals surface area contributed by atoms with E-state index in [9.17, 15) is 4.39 Å². The first-order chi connectivity index (χ1) is 10.8. The Morgan fingerprint density at radius 1 is 1.14 bits per heavy atom. The summed E-state index contributed by atoms with van der Waals surface area (Å²) in [5.74, 6) is 1.26. The lowest BCUT2D eigenvalue weighted by Gasteiger charge is -2.04. The van der Waals surface area contributed by atoms with E-state index in [2.05, 4.69) is 15.2 Å². The Morgan fingerprint density at radius 3 is 2.82 bits per heavy atom. The van der Waals surface area contributed by atoms with Crippen LogP contribution in [0.2, 0.25) is 0 Å². The first-order valence-electron chi connectivity index (χ1n) is 6.56. The third-order valence-corrected chi connectivity index (χ3v) is 3.49. The fourth-order valence-electron chi connectivity index (χ4n) is 1.72. The minimum absolute atomic E-state index is 0.316. The number of thioether (sulfide) groups is 1. The number of pyridine rings is 1. The fraction of sp³-hybridized carbons (Fsp3) is 0.133. The summed E-state index contributed by atoms with van der Waals surface area (Å²) in [6.07, 6.45) is 3.33. The largest absolute Gasteiger partial charge is 0.493 e. The van der Waals surface area contributed by atoms with Crippen LogP contribution in [0.4, 0.5) is 4.39 Å². The molecule has 3 aromatic rings. The zero-order valence-corrected chi connectivity index (χ0v) is 12.3. The van der Waals surface area contributed by atoms with Crippen LogP contribution in [0, 0.1) is 5.82 Å². The van der Waals surface area contributed by atoms with Crippen LogP contribution in [-0.4, -0.2) is 27.5 Å². The lowest BCUT2D eigenvalue weighted by molar-refractivity contribution is 0.341. The summed E-state index contributed by atoms with van der Waals surface area (Å²) in [7, 11) is 0. The van der Waals surface area contributed by atoms with E-state index < -0.39 is 0 Å². The second-order valence-electron chi connectivity index (χ2n) is 4.26. The Hall–Kier alpha value is -2.41. The number of rotatable bonds is 6. The minimum Gasteiger partial charge on any atom is -0.493 e. The van der Waals surface area contributed by atoms with Gasteiger partial charge in [-0.15, -0.1) is 10.2 Å². The van der Waals surface area contributed by atoms with Crippen LogP contribution in [0.25, 0.3) is 11.5 Å². The topological polar surface area (TPSA) is 61.0 Å². The standard InChI is InChI=1S/C15H12FN3O2S/c16-12-2-1-3-13(10-12)20-8-9-22-15-19-18-14(21-15)11-4-6-17-7-5-11/h1-7,10H,8-9H2. The molecule has 1 aromatic carbocycles. The van der Waals surface area contributed by atoms with E-state index >= 15 is 0 Å². The molecule has 0 unspecified atom stereocenters. The van der Waals surface area contributed by atoms with Gasteiger partial charge in [0, 0.05) is 29.8 Å². The molecule has 0 N–H and O–H groups in total. The van der Waals surface area contributed by atoms with Crippen LogP contribution in [0.15, 0.2) is 58.4 Å². The molecule has 2 aromatic heterocycles. The number of hydrogen-bond donors (Lipinski definition) is 0. The van der Waals surface area contributed by atoms with E-state index in [1.807, 2.05) is 0 Å². The molecule has 7 heteroatoms. The van der Waals surface area contributed by atoms with Crippen molar-refractivity contribution in [3.63, 3.8) is 0 Å². The molecule has 0 aliphatic carbocycles. The van der Waals surface area contributed by atoms with Gasteiger partial charge in [0.2, 0.25) is 5.89 Å². The van der Waals surface area contributed by atoms with Gasteiger partial charge in [-0.25, -0.2) is 4.39 Å². The third-order valence-electron chi connectivity index (χ3n) is 2.71. The molecule has 0 radical (unpaired) electrons. The van der Waals surface area contributed by atoms with Crippen molar-refractivity contribution in [3.05, 3.63) is 54.6 Å². The summed E-state index contributed by atoms with van der Waals surface area (Å²) < 4.78 is 24.0. The van der Waals surface area contributed by atoms with Crippen molar-refractivity contribution in [2.24, 2.45) is 0 Å². The van der Waals surface area contributed by atoms with Crippen molar-refractivity contribution >= 4 is 11.8 Å². The summed E-state index contributed by atoms with van der Waals surface area (Å²) in [4.78, 5) is 3.94. The average Bonchev–Trinajstić information content (AvgIpc) is 3.01. The lowest BCUT2D eigenvalue weighted by Crippen LogP contribution is -2.00. The second-order valence-corrected chi connectivity index (χ2v) is 5.31. The highest BCUT2D eigenvalue weighted by Gasteiger charge is 2.08. The minimum atomic E-state index is -0.316. The molecule has 5 nitrogen and oxygen atoms in total. The van der Waals surface area contributed by atoms with Gasteiger partial charge in [0.05, 0.1) is 6.61 Å². The maximum Gasteiger partial charge on any atom is 0.276 e. The Labute approximate surface area is 130 Å². The van der Waals surface area contributed by atoms with E-state index in [4.69, 9.17) is 9.15 Å². The second kappa shape index (κ2) is 7.04. The molecule has 3 rings (SSSR count). The van der Waals surface area contributed by atoms with Gasteiger partial charge in [0.1, 0.15) is 11.6 Å². The van der Waals surface area contributed by atoms with E-state index in [0.29, 0.717) is 29.2 Å². The highest BCUT2D eigenvalue weighted by molar-refractivity contribution is 7.99. The highest BCUT2D eigenvalue weighted by atomic mass is 32.2. The Kier molecular flexibility index (Phi) is 4.65. The van der Waals surface area contributed by atoms with Crippen molar-refractivity contribution in [2.75, 3.05) is 12.4 Å². The molecular weight excluding hydrogens is 305 g/mol. The quantitative estimate of drug-likeness (QED) is 0.513. The fourth-order valence-corrected chi connectivity index (χ4v) is 2.30. The van der Waals surface area contributed by atoms with Crippen LogP contribution in [0.3, 0.4) is 0 Å². The van der Waals surface area contributed by atoms with Gasteiger partial charge in [-0.1, -0.05) is 17.8 Å². The lowest BCUT2D eigenvalue weighted by atomic mass is 10.3. The molecule has 0 fully saturated rings. The van der Waals surface area contributed by atoms with Crippen molar-refractivity contribution < 1.29 is 13.5 Å². The van der Waals surface area contributed by atoms with E-state index in [1.54, 1.807) is 36.7 Å². The Balaban J connectivity index is 1.49. The summed E-state index contributed by atoms with van der Waals surface area (Å²) >= 11 is 1.38. The van der Waals surface area contributed by atoms with Gasteiger partial charge in [-0.05, 0) is 24.3 Å². The zero-order valence-electron chi connectivity index (χ0n) is 11.5. The molecule has 0 aliphatic heterocycles. The van der Waals surface area contributed by atoms with Gasteiger partial charge in [-0.2, -0.15) is 0 Å². The number of hydrogen-bond acceptors (Lipinski definition) is 6. The van der Waals surface area contributed by atoms with Crippen molar-refractivity contribution in [1.82, 2.24) is 15.2 Å². The molecular formula is C15H12FN3O2S. The van der Waals surface area contributed by atoms with Crippen LogP contribution in [0.1, 0.15) is 0 Å². The van der Waals surface area contributed by atoms with E-state index in [1.165, 1.54) is 23.9 Å². The molecule has 0 spiro atoms. The smallest absolute Gasteiger partial charge is 0.276 e. The molecule has 112 valence electrons. The van der Waals surface area contributed by atoms with Crippen molar-refractivity contribution in [3.8, 4) is 17.2 Å². The number of ether oxygens (including phenoxy) is 1. The zero-order chi connectivity index (χ0) is 15.2. The molecule has 2 heterocycles. The maximum absolute atomic E-state index is 13.0. The van der Waals surface area contributed by atoms with Crippen LogP contribution in [-0.2, 0) is 0 Å². The summed E-state index contributed by atoms with van der Waals surface area (Å²) in [6.45, 7) is 0.418.